The molecule has 0 aliphatic rings. The first-order valence-corrected chi connectivity index (χ1v) is 7.87. The Hall–Kier alpha value is -1.99. The van der Waals surface area contributed by atoms with E-state index in [9.17, 15) is 8.78 Å². The van der Waals surface area contributed by atoms with Crippen LogP contribution in [-0.4, -0.2) is 34.1 Å². The molecule has 0 aliphatic heterocycles. The van der Waals surface area contributed by atoms with Crippen LogP contribution in [0.2, 0.25) is 0 Å². The van der Waals surface area contributed by atoms with Crippen molar-refractivity contribution in [3.05, 3.63) is 46.8 Å². The van der Waals surface area contributed by atoms with Crippen molar-refractivity contribution in [1.82, 2.24) is 15.1 Å². The number of aromatic nitrogens is 2. The van der Waals surface area contributed by atoms with Gasteiger partial charge in [0.1, 0.15) is 12.4 Å². The maximum Gasteiger partial charge on any atom is 0.167 e. The van der Waals surface area contributed by atoms with E-state index >= 15 is 0 Å². The van der Waals surface area contributed by atoms with Gasteiger partial charge in [0.05, 0.1) is 18.8 Å². The third-order valence-corrected chi connectivity index (χ3v) is 3.85. The first-order chi connectivity index (χ1) is 11.4. The van der Waals surface area contributed by atoms with Crippen molar-refractivity contribution in [2.24, 2.45) is 0 Å². The molecule has 5 nitrogen and oxygen atoms in total. The molecule has 0 saturated carbocycles. The Kier molecular flexibility index (Phi) is 6.28. The summed E-state index contributed by atoms with van der Waals surface area (Å²) >= 11 is 0. The fourth-order valence-electron chi connectivity index (χ4n) is 2.44. The maximum absolute atomic E-state index is 13.5. The van der Waals surface area contributed by atoms with Crippen molar-refractivity contribution in [3.63, 3.8) is 0 Å². The Balaban J connectivity index is 1.88. The van der Waals surface area contributed by atoms with E-state index in [1.165, 1.54) is 12.1 Å². The Morgan fingerprint density at radius 2 is 2.08 bits per heavy atom. The second kappa shape index (κ2) is 8.21. The maximum atomic E-state index is 13.5. The molecule has 2 rings (SSSR count). The third kappa shape index (κ3) is 4.52. The van der Waals surface area contributed by atoms with Gasteiger partial charge in [-0.2, -0.15) is 5.10 Å². The smallest absolute Gasteiger partial charge is 0.167 e. The molecule has 0 aliphatic carbocycles. The van der Waals surface area contributed by atoms with Gasteiger partial charge in [-0.25, -0.2) is 8.78 Å². The van der Waals surface area contributed by atoms with Crippen molar-refractivity contribution in [2.75, 3.05) is 13.2 Å². The van der Waals surface area contributed by atoms with Crippen molar-refractivity contribution in [2.45, 2.75) is 39.9 Å². The Labute approximate surface area is 140 Å². The molecular weight excluding hydrogens is 316 g/mol. The molecule has 1 atom stereocenters. The number of halogens is 2. The predicted octanol–water partition coefficient (Wildman–Crippen LogP) is 2.33. The highest BCUT2D eigenvalue weighted by molar-refractivity contribution is 5.25. The monoisotopic (exact) mass is 339 g/mol. The van der Waals surface area contributed by atoms with Gasteiger partial charge in [-0.05, 0) is 32.9 Å². The topological polar surface area (TPSA) is 59.3 Å². The van der Waals surface area contributed by atoms with Crippen LogP contribution in [0.25, 0.3) is 0 Å². The average Bonchev–Trinajstić information content (AvgIpc) is 2.79. The van der Waals surface area contributed by atoms with Gasteiger partial charge in [-0.15, -0.1) is 0 Å². The summed E-state index contributed by atoms with van der Waals surface area (Å²) in [5.41, 5.74) is 2.99. The minimum atomic E-state index is -0.709. The Morgan fingerprint density at radius 1 is 1.33 bits per heavy atom. The molecule has 0 spiro atoms. The van der Waals surface area contributed by atoms with E-state index in [0.29, 0.717) is 13.1 Å². The van der Waals surface area contributed by atoms with Gasteiger partial charge >= 0.3 is 0 Å². The van der Waals surface area contributed by atoms with Crippen molar-refractivity contribution < 1.29 is 18.6 Å². The molecule has 2 aromatic rings. The minimum absolute atomic E-state index is 0.0329. The van der Waals surface area contributed by atoms with Gasteiger partial charge in [0, 0.05) is 29.9 Å². The van der Waals surface area contributed by atoms with Crippen LogP contribution in [-0.2, 0) is 13.1 Å². The summed E-state index contributed by atoms with van der Waals surface area (Å²) in [6.07, 6.45) is 0. The van der Waals surface area contributed by atoms with Crippen LogP contribution in [0.15, 0.2) is 18.2 Å². The zero-order valence-electron chi connectivity index (χ0n) is 14.1. The van der Waals surface area contributed by atoms with Gasteiger partial charge in [0.2, 0.25) is 0 Å². The molecule has 0 saturated heterocycles. The molecule has 1 aromatic heterocycles. The number of benzene rings is 1. The summed E-state index contributed by atoms with van der Waals surface area (Å²) in [5.74, 6) is -1.30. The first kappa shape index (κ1) is 18.4. The Morgan fingerprint density at radius 3 is 2.75 bits per heavy atom. The Bertz CT molecular complexity index is 689. The van der Waals surface area contributed by atoms with Gasteiger partial charge in [-0.3, -0.25) is 4.68 Å². The van der Waals surface area contributed by atoms with Gasteiger partial charge < -0.3 is 15.2 Å². The highest BCUT2D eigenvalue weighted by Crippen LogP contribution is 2.18. The van der Waals surface area contributed by atoms with E-state index in [0.717, 1.165) is 23.0 Å². The number of ether oxygens (including phenoxy) is 1. The second-order valence-electron chi connectivity index (χ2n) is 5.76. The summed E-state index contributed by atoms with van der Waals surface area (Å²) in [6.45, 7) is 7.17. The molecule has 7 heteroatoms. The zero-order valence-corrected chi connectivity index (χ0v) is 14.1. The molecule has 132 valence electrons. The van der Waals surface area contributed by atoms with E-state index in [4.69, 9.17) is 9.84 Å². The van der Waals surface area contributed by atoms with Crippen LogP contribution in [0.1, 0.15) is 23.9 Å². The van der Waals surface area contributed by atoms with E-state index < -0.39 is 11.6 Å². The number of hydrogen-bond acceptors (Lipinski definition) is 4. The van der Waals surface area contributed by atoms with Crippen LogP contribution in [0, 0.1) is 25.5 Å². The summed E-state index contributed by atoms with van der Waals surface area (Å²) in [4.78, 5) is 0. The standard InChI is InChI=1S/C17H23F2N3O2/c1-11(10-24-17-5-4-14(18)8-16(17)19)20-9-15-12(2)21-22(6-7-23)13(15)3/h4-5,8,11,20,23H,6-7,9-10H2,1-3H3. The van der Waals surface area contributed by atoms with E-state index in [1.807, 2.05) is 20.8 Å². The lowest BCUT2D eigenvalue weighted by Crippen LogP contribution is -2.31. The molecule has 24 heavy (non-hydrogen) atoms. The number of hydrogen-bond donors (Lipinski definition) is 2. The predicted molar refractivity (Wildman–Crippen MR) is 86.9 cm³/mol. The lowest BCUT2D eigenvalue weighted by molar-refractivity contribution is 0.260. The second-order valence-corrected chi connectivity index (χ2v) is 5.76. The van der Waals surface area contributed by atoms with E-state index in [2.05, 4.69) is 10.4 Å². The molecule has 2 N–H and O–H groups in total. The van der Waals surface area contributed by atoms with Crippen LogP contribution in [0.5, 0.6) is 5.75 Å². The fourth-order valence-corrected chi connectivity index (χ4v) is 2.44. The molecule has 1 unspecified atom stereocenters. The van der Waals surface area contributed by atoms with E-state index in [1.54, 1.807) is 4.68 Å². The average molecular weight is 339 g/mol. The fraction of sp³-hybridized carbons (Fsp3) is 0.471. The van der Waals surface area contributed by atoms with Crippen LogP contribution < -0.4 is 10.1 Å². The molecule has 1 aromatic carbocycles. The minimum Gasteiger partial charge on any atom is -0.489 e. The highest BCUT2D eigenvalue weighted by Gasteiger charge is 2.13. The van der Waals surface area contributed by atoms with Crippen LogP contribution in [0.4, 0.5) is 8.78 Å². The number of aryl methyl sites for hydroxylation is 1. The summed E-state index contributed by atoms with van der Waals surface area (Å²) in [5, 5.41) is 16.7. The quantitative estimate of drug-likeness (QED) is 0.775. The number of nitrogens with one attached hydrogen (secondary N) is 1. The molecule has 0 bridgehead atoms. The SMILES string of the molecule is Cc1nn(CCO)c(C)c1CNC(C)COc1ccc(F)cc1F. The zero-order chi connectivity index (χ0) is 17.7. The van der Waals surface area contributed by atoms with Crippen LogP contribution in [0.3, 0.4) is 0 Å². The summed E-state index contributed by atoms with van der Waals surface area (Å²) in [6, 6.07) is 3.22. The number of aliphatic hydroxyl groups excluding tert-OH is 1. The lowest BCUT2D eigenvalue weighted by atomic mass is 10.2. The van der Waals surface area contributed by atoms with Gasteiger partial charge in [0.25, 0.3) is 0 Å². The van der Waals surface area contributed by atoms with Gasteiger partial charge in [-0.1, -0.05) is 0 Å². The van der Waals surface area contributed by atoms with Crippen LogP contribution >= 0.6 is 0 Å². The lowest BCUT2D eigenvalue weighted by Gasteiger charge is -2.15. The molecule has 1 heterocycles. The molecule has 0 fully saturated rings. The molecule has 0 radical (unpaired) electrons. The molecular formula is C17H23F2N3O2. The summed E-state index contributed by atoms with van der Waals surface area (Å²) < 4.78 is 33.5. The third-order valence-electron chi connectivity index (χ3n) is 3.85. The number of aliphatic hydroxyl groups is 1. The van der Waals surface area contributed by atoms with Crippen molar-refractivity contribution in [1.29, 1.82) is 0 Å². The highest BCUT2D eigenvalue weighted by atomic mass is 19.1. The number of nitrogens with zero attached hydrogens (tertiary/aromatic N) is 2. The first-order valence-electron chi connectivity index (χ1n) is 7.87. The van der Waals surface area contributed by atoms with Gasteiger partial charge in [0.15, 0.2) is 11.6 Å². The van der Waals surface area contributed by atoms with Crippen molar-refractivity contribution >= 4 is 0 Å². The largest absolute Gasteiger partial charge is 0.489 e. The normalized spacial score (nSPS) is 12.4. The van der Waals surface area contributed by atoms with Crippen molar-refractivity contribution in [3.8, 4) is 5.75 Å². The van der Waals surface area contributed by atoms with E-state index in [-0.39, 0.29) is 25.0 Å². The molecule has 0 amide bonds. The number of rotatable bonds is 8. The summed E-state index contributed by atoms with van der Waals surface area (Å²) in [7, 11) is 0.